The number of carbonyl (C=O) groups excluding carboxylic acids is 2. The predicted molar refractivity (Wildman–Crippen MR) is 120 cm³/mol. The van der Waals surface area contributed by atoms with Crippen molar-refractivity contribution in [3.05, 3.63) is 77.3 Å². The van der Waals surface area contributed by atoms with E-state index in [1.165, 1.54) is 6.08 Å². The van der Waals surface area contributed by atoms with Gasteiger partial charge < -0.3 is 9.72 Å². The van der Waals surface area contributed by atoms with Crippen molar-refractivity contribution >= 4 is 38.8 Å². The maximum atomic E-state index is 12.5. The van der Waals surface area contributed by atoms with Gasteiger partial charge in [0.25, 0.3) is 0 Å². The fourth-order valence-electron chi connectivity index (χ4n) is 3.01. The van der Waals surface area contributed by atoms with Crippen LogP contribution in [0.2, 0.25) is 0 Å². The largest absolute Gasteiger partial charge is 0.456 e. The van der Waals surface area contributed by atoms with Crippen molar-refractivity contribution < 1.29 is 22.7 Å². The van der Waals surface area contributed by atoms with E-state index in [1.807, 2.05) is 24.3 Å². The third-order valence-corrected chi connectivity index (χ3v) is 5.76. The summed E-state index contributed by atoms with van der Waals surface area (Å²) in [5.41, 5.74) is 1.92. The van der Waals surface area contributed by atoms with Crippen LogP contribution in [0.25, 0.3) is 17.0 Å². The maximum absolute atomic E-state index is 12.5. The molecule has 8 heteroatoms. The van der Waals surface area contributed by atoms with Gasteiger partial charge in [-0.05, 0) is 23.6 Å². The number of aromatic nitrogens is 1. The smallest absolute Gasteiger partial charge is 0.324 e. The number of carbonyl (C=O) groups is 2. The molecule has 3 rings (SSSR count). The van der Waals surface area contributed by atoms with E-state index in [4.69, 9.17) is 4.74 Å². The molecule has 1 unspecified atom stereocenters. The Labute approximate surface area is 181 Å². The number of sulfonamides is 1. The van der Waals surface area contributed by atoms with Crippen LogP contribution in [0.4, 0.5) is 0 Å². The SMILES string of the molecule is CC(C)C(NS(=O)(=O)C=Cc1ccccc1)C(=O)OCC(=O)c1c[nH]c2ccccc12. The Morgan fingerprint density at radius 3 is 2.45 bits per heavy atom. The van der Waals surface area contributed by atoms with Gasteiger partial charge in [-0.2, -0.15) is 4.72 Å². The third-order valence-electron chi connectivity index (χ3n) is 4.69. The molecule has 0 saturated carbocycles. The second-order valence-electron chi connectivity index (χ2n) is 7.38. The first-order valence-corrected chi connectivity index (χ1v) is 11.3. The standard InChI is InChI=1S/C23H24N2O5S/c1-16(2)22(25-31(28,29)13-12-17-8-4-3-5-9-17)23(27)30-15-21(26)19-14-24-20-11-7-6-10-18(19)20/h3-14,16,22,24-25H,15H2,1-2H3. The van der Waals surface area contributed by atoms with Crippen molar-refractivity contribution in [1.82, 2.24) is 9.71 Å². The van der Waals surface area contributed by atoms with Gasteiger partial charge in [0, 0.05) is 28.1 Å². The van der Waals surface area contributed by atoms with Crippen LogP contribution < -0.4 is 4.72 Å². The van der Waals surface area contributed by atoms with Gasteiger partial charge in [0.1, 0.15) is 6.04 Å². The van der Waals surface area contributed by atoms with Crippen LogP contribution in [-0.2, 0) is 19.6 Å². The number of aromatic amines is 1. The summed E-state index contributed by atoms with van der Waals surface area (Å²) in [7, 11) is -3.90. The predicted octanol–water partition coefficient (Wildman–Crippen LogP) is 3.51. The van der Waals surface area contributed by atoms with Crippen LogP contribution in [0.3, 0.4) is 0 Å². The quantitative estimate of drug-likeness (QED) is 0.391. The van der Waals surface area contributed by atoms with Crippen LogP contribution in [0.5, 0.6) is 0 Å². The fraction of sp³-hybridized carbons (Fsp3) is 0.217. The Balaban J connectivity index is 1.65. The Morgan fingerprint density at radius 2 is 1.74 bits per heavy atom. The van der Waals surface area contributed by atoms with Crippen LogP contribution in [-0.4, -0.2) is 37.8 Å². The molecule has 0 saturated heterocycles. The summed E-state index contributed by atoms with van der Waals surface area (Å²) < 4.78 is 32.3. The number of nitrogens with one attached hydrogen (secondary N) is 2. The number of Topliss-reactive ketones (excluding diaryl/α,β-unsaturated/α-hetero) is 1. The summed E-state index contributed by atoms with van der Waals surface area (Å²) >= 11 is 0. The first kappa shape index (κ1) is 22.5. The topological polar surface area (TPSA) is 105 Å². The Kier molecular flexibility index (Phi) is 7.04. The Hall–Kier alpha value is -3.23. The summed E-state index contributed by atoms with van der Waals surface area (Å²) in [6.07, 6.45) is 3.00. The minimum absolute atomic E-state index is 0.375. The number of rotatable bonds is 9. The molecule has 162 valence electrons. The highest BCUT2D eigenvalue weighted by Gasteiger charge is 2.28. The third kappa shape index (κ3) is 5.90. The summed E-state index contributed by atoms with van der Waals surface area (Å²) in [5.74, 6) is -1.56. The van der Waals surface area contributed by atoms with Gasteiger partial charge in [-0.25, -0.2) is 8.42 Å². The van der Waals surface area contributed by atoms with Crippen molar-refractivity contribution in [2.45, 2.75) is 19.9 Å². The Bertz CT molecular complexity index is 1200. The van der Waals surface area contributed by atoms with E-state index in [1.54, 1.807) is 50.4 Å². The van der Waals surface area contributed by atoms with Gasteiger partial charge >= 0.3 is 5.97 Å². The van der Waals surface area contributed by atoms with Gasteiger partial charge in [-0.15, -0.1) is 0 Å². The highest BCUT2D eigenvalue weighted by atomic mass is 32.2. The normalized spacial score (nSPS) is 13.0. The summed E-state index contributed by atoms with van der Waals surface area (Å²) in [4.78, 5) is 28.1. The lowest BCUT2D eigenvalue weighted by Crippen LogP contribution is -2.44. The van der Waals surface area contributed by atoms with E-state index < -0.39 is 28.6 Å². The molecule has 0 aliphatic heterocycles. The molecule has 31 heavy (non-hydrogen) atoms. The van der Waals surface area contributed by atoms with Gasteiger partial charge in [-0.1, -0.05) is 62.4 Å². The van der Waals surface area contributed by atoms with E-state index in [0.29, 0.717) is 11.1 Å². The molecule has 0 aliphatic rings. The van der Waals surface area contributed by atoms with Gasteiger partial charge in [0.05, 0.1) is 0 Å². The van der Waals surface area contributed by atoms with Crippen LogP contribution in [0, 0.1) is 5.92 Å². The number of ether oxygens (including phenoxy) is 1. The number of para-hydroxylation sites is 1. The monoisotopic (exact) mass is 440 g/mol. The van der Waals surface area contributed by atoms with E-state index in [0.717, 1.165) is 16.3 Å². The average molecular weight is 441 g/mol. The number of fused-ring (bicyclic) bond motifs is 1. The highest BCUT2D eigenvalue weighted by Crippen LogP contribution is 2.18. The average Bonchev–Trinajstić information content (AvgIpc) is 3.19. The zero-order valence-corrected chi connectivity index (χ0v) is 18.1. The van der Waals surface area contributed by atoms with Crippen molar-refractivity contribution in [3.63, 3.8) is 0 Å². The number of ketones is 1. The first-order chi connectivity index (χ1) is 14.8. The molecule has 1 atom stereocenters. The number of benzene rings is 2. The van der Waals surface area contributed by atoms with Crippen molar-refractivity contribution in [1.29, 1.82) is 0 Å². The molecule has 1 heterocycles. The van der Waals surface area contributed by atoms with Crippen LogP contribution in [0.1, 0.15) is 29.8 Å². The minimum atomic E-state index is -3.90. The van der Waals surface area contributed by atoms with Crippen molar-refractivity contribution in [3.8, 4) is 0 Å². The zero-order chi connectivity index (χ0) is 22.4. The van der Waals surface area contributed by atoms with Crippen molar-refractivity contribution in [2.75, 3.05) is 6.61 Å². The molecule has 2 N–H and O–H groups in total. The summed E-state index contributed by atoms with van der Waals surface area (Å²) in [6.45, 7) is 2.90. The summed E-state index contributed by atoms with van der Waals surface area (Å²) in [6, 6.07) is 15.1. The molecular formula is C23H24N2O5S. The van der Waals surface area contributed by atoms with Crippen molar-refractivity contribution in [2.24, 2.45) is 5.92 Å². The molecule has 0 spiro atoms. The molecule has 0 amide bonds. The lowest BCUT2D eigenvalue weighted by atomic mass is 10.1. The number of hydrogen-bond acceptors (Lipinski definition) is 5. The maximum Gasteiger partial charge on any atom is 0.324 e. The van der Waals surface area contributed by atoms with E-state index in [9.17, 15) is 18.0 Å². The fourth-order valence-corrected chi connectivity index (χ4v) is 4.15. The molecule has 7 nitrogen and oxygen atoms in total. The number of hydrogen-bond donors (Lipinski definition) is 2. The van der Waals surface area contributed by atoms with E-state index in [-0.39, 0.29) is 11.7 Å². The molecule has 2 aromatic carbocycles. The highest BCUT2D eigenvalue weighted by molar-refractivity contribution is 7.92. The van der Waals surface area contributed by atoms with Crippen LogP contribution in [0.15, 0.2) is 66.2 Å². The van der Waals surface area contributed by atoms with E-state index in [2.05, 4.69) is 9.71 Å². The summed E-state index contributed by atoms with van der Waals surface area (Å²) in [5, 5.41) is 1.73. The first-order valence-electron chi connectivity index (χ1n) is 9.78. The Morgan fingerprint density at radius 1 is 1.06 bits per heavy atom. The molecule has 3 aromatic rings. The molecule has 0 radical (unpaired) electrons. The zero-order valence-electron chi connectivity index (χ0n) is 17.2. The molecular weight excluding hydrogens is 416 g/mol. The molecule has 1 aromatic heterocycles. The second kappa shape index (κ2) is 9.72. The van der Waals surface area contributed by atoms with E-state index >= 15 is 0 Å². The second-order valence-corrected chi connectivity index (χ2v) is 8.97. The van der Waals surface area contributed by atoms with Crippen LogP contribution >= 0.6 is 0 Å². The number of H-pyrrole nitrogens is 1. The minimum Gasteiger partial charge on any atom is -0.456 e. The van der Waals surface area contributed by atoms with Gasteiger partial charge in [0.15, 0.2) is 6.61 Å². The van der Waals surface area contributed by atoms with Gasteiger partial charge in [-0.3, -0.25) is 9.59 Å². The van der Waals surface area contributed by atoms with Gasteiger partial charge in [0.2, 0.25) is 15.8 Å². The molecule has 0 bridgehead atoms. The number of esters is 1. The molecule has 0 fully saturated rings. The lowest BCUT2D eigenvalue weighted by molar-refractivity contribution is -0.145. The molecule has 0 aliphatic carbocycles. The lowest BCUT2D eigenvalue weighted by Gasteiger charge is -2.19.